The molecule has 20 heavy (non-hydrogen) atoms. The van der Waals surface area contributed by atoms with Crippen LogP contribution in [0.4, 0.5) is 0 Å². The van der Waals surface area contributed by atoms with Crippen molar-refractivity contribution in [1.82, 2.24) is 5.32 Å². The molecule has 0 radical (unpaired) electrons. The number of thiophene rings is 1. The van der Waals surface area contributed by atoms with Crippen molar-refractivity contribution in [3.05, 3.63) is 22.4 Å². The summed E-state index contributed by atoms with van der Waals surface area (Å²) >= 11 is 3.35. The van der Waals surface area contributed by atoms with Crippen LogP contribution in [-0.4, -0.2) is 28.9 Å². The van der Waals surface area contributed by atoms with Gasteiger partial charge in [-0.2, -0.15) is 0 Å². The molecule has 1 saturated carbocycles. The van der Waals surface area contributed by atoms with Gasteiger partial charge in [0.05, 0.1) is 11.4 Å². The molecular weight excluding hydrogens is 290 g/mol. The van der Waals surface area contributed by atoms with Gasteiger partial charge in [0.1, 0.15) is 0 Å². The summed E-state index contributed by atoms with van der Waals surface area (Å²) in [5.41, 5.74) is -0.676. The lowest BCUT2D eigenvalue weighted by Crippen LogP contribution is -2.43. The zero-order chi connectivity index (χ0) is 14.3. The lowest BCUT2D eigenvalue weighted by Gasteiger charge is -2.26. The minimum Gasteiger partial charge on any atom is -0.388 e. The minimum absolute atomic E-state index is 0.0317. The summed E-state index contributed by atoms with van der Waals surface area (Å²) < 4.78 is 0. The van der Waals surface area contributed by atoms with Gasteiger partial charge in [-0.1, -0.05) is 31.7 Å². The number of rotatable bonds is 6. The van der Waals surface area contributed by atoms with Crippen LogP contribution in [0.1, 0.15) is 43.4 Å². The Labute approximate surface area is 129 Å². The van der Waals surface area contributed by atoms with E-state index < -0.39 is 5.60 Å². The molecule has 5 heteroatoms. The van der Waals surface area contributed by atoms with Crippen molar-refractivity contribution >= 4 is 29.0 Å². The van der Waals surface area contributed by atoms with Gasteiger partial charge in [0.2, 0.25) is 5.91 Å². The molecule has 1 fully saturated rings. The van der Waals surface area contributed by atoms with Crippen LogP contribution in [-0.2, 0) is 10.5 Å². The quantitative estimate of drug-likeness (QED) is 0.793. The molecule has 0 spiro atoms. The third-order valence-electron chi connectivity index (χ3n) is 3.71. The van der Waals surface area contributed by atoms with E-state index in [1.54, 1.807) is 23.1 Å². The number of hydrogen-bond acceptors (Lipinski definition) is 4. The Morgan fingerprint density at radius 2 is 2.10 bits per heavy atom. The van der Waals surface area contributed by atoms with Gasteiger partial charge in [-0.3, -0.25) is 4.79 Å². The summed E-state index contributed by atoms with van der Waals surface area (Å²) in [6.45, 7) is 0.408. The second-order valence-corrected chi connectivity index (χ2v) is 7.51. The van der Waals surface area contributed by atoms with Crippen LogP contribution in [0.15, 0.2) is 17.5 Å². The van der Waals surface area contributed by atoms with Crippen molar-refractivity contribution in [2.45, 2.75) is 49.9 Å². The van der Waals surface area contributed by atoms with E-state index in [9.17, 15) is 9.90 Å². The number of aliphatic hydroxyl groups is 1. The molecule has 2 rings (SSSR count). The SMILES string of the molecule is O=C(CSCc1cccs1)NCC1(O)CCCCCC1. The number of carbonyl (C=O) groups is 1. The Morgan fingerprint density at radius 1 is 1.35 bits per heavy atom. The largest absolute Gasteiger partial charge is 0.388 e. The number of thioether (sulfide) groups is 1. The maximum absolute atomic E-state index is 11.8. The summed E-state index contributed by atoms with van der Waals surface area (Å²) in [4.78, 5) is 13.1. The van der Waals surface area contributed by atoms with Crippen molar-refractivity contribution in [1.29, 1.82) is 0 Å². The van der Waals surface area contributed by atoms with Gasteiger partial charge in [-0.15, -0.1) is 23.1 Å². The van der Waals surface area contributed by atoms with Crippen molar-refractivity contribution in [2.75, 3.05) is 12.3 Å². The van der Waals surface area contributed by atoms with E-state index >= 15 is 0 Å². The van der Waals surface area contributed by atoms with E-state index in [2.05, 4.69) is 16.8 Å². The van der Waals surface area contributed by atoms with Crippen LogP contribution in [0.2, 0.25) is 0 Å². The molecule has 0 aliphatic heterocycles. The van der Waals surface area contributed by atoms with Gasteiger partial charge < -0.3 is 10.4 Å². The van der Waals surface area contributed by atoms with Gasteiger partial charge in [0.15, 0.2) is 0 Å². The second-order valence-electron chi connectivity index (χ2n) is 5.49. The molecular formula is C15H23NO2S2. The van der Waals surface area contributed by atoms with E-state index in [0.717, 1.165) is 31.4 Å². The fraction of sp³-hybridized carbons (Fsp3) is 0.667. The third kappa shape index (κ3) is 5.46. The first-order valence-corrected chi connectivity index (χ1v) is 9.31. The molecule has 3 nitrogen and oxygen atoms in total. The zero-order valence-electron chi connectivity index (χ0n) is 11.8. The molecule has 1 aromatic rings. The van der Waals surface area contributed by atoms with Gasteiger partial charge >= 0.3 is 0 Å². The zero-order valence-corrected chi connectivity index (χ0v) is 13.4. The predicted molar refractivity (Wildman–Crippen MR) is 86.1 cm³/mol. The van der Waals surface area contributed by atoms with E-state index in [4.69, 9.17) is 0 Å². The van der Waals surface area contributed by atoms with Gasteiger partial charge in [0, 0.05) is 17.2 Å². The summed E-state index contributed by atoms with van der Waals surface area (Å²) in [5.74, 6) is 1.38. The summed E-state index contributed by atoms with van der Waals surface area (Å²) in [6.07, 6.45) is 6.17. The summed E-state index contributed by atoms with van der Waals surface area (Å²) in [5, 5.41) is 15.4. The molecule has 1 aliphatic rings. The fourth-order valence-electron chi connectivity index (χ4n) is 2.52. The maximum Gasteiger partial charge on any atom is 0.230 e. The first kappa shape index (κ1) is 15.9. The molecule has 112 valence electrons. The van der Waals surface area contributed by atoms with Crippen molar-refractivity contribution in [3.63, 3.8) is 0 Å². The number of carbonyl (C=O) groups excluding carboxylic acids is 1. The summed E-state index contributed by atoms with van der Waals surface area (Å²) in [7, 11) is 0. The number of amides is 1. The molecule has 0 aromatic carbocycles. The molecule has 0 saturated heterocycles. The number of hydrogen-bond donors (Lipinski definition) is 2. The average molecular weight is 313 g/mol. The lowest BCUT2D eigenvalue weighted by atomic mass is 9.94. The highest BCUT2D eigenvalue weighted by Gasteiger charge is 2.28. The van der Waals surface area contributed by atoms with E-state index in [1.807, 2.05) is 6.07 Å². The molecule has 1 heterocycles. The molecule has 0 bridgehead atoms. The Hall–Kier alpha value is -0.520. The smallest absolute Gasteiger partial charge is 0.230 e. The van der Waals surface area contributed by atoms with Crippen molar-refractivity contribution < 1.29 is 9.90 Å². The van der Waals surface area contributed by atoms with Crippen LogP contribution >= 0.6 is 23.1 Å². The van der Waals surface area contributed by atoms with E-state index in [0.29, 0.717) is 12.3 Å². The third-order valence-corrected chi connectivity index (χ3v) is 5.75. The van der Waals surface area contributed by atoms with Crippen LogP contribution in [0.3, 0.4) is 0 Å². The maximum atomic E-state index is 11.8. The van der Waals surface area contributed by atoms with Gasteiger partial charge in [-0.25, -0.2) is 0 Å². The van der Waals surface area contributed by atoms with Crippen LogP contribution in [0, 0.1) is 0 Å². The lowest BCUT2D eigenvalue weighted by molar-refractivity contribution is -0.120. The monoisotopic (exact) mass is 313 g/mol. The summed E-state index contributed by atoms with van der Waals surface area (Å²) in [6, 6.07) is 4.12. The molecule has 1 amide bonds. The van der Waals surface area contributed by atoms with Gasteiger partial charge in [0.25, 0.3) is 0 Å². The molecule has 1 aliphatic carbocycles. The second kappa shape index (κ2) is 8.05. The predicted octanol–water partition coefficient (Wildman–Crippen LogP) is 3.18. The molecule has 2 N–H and O–H groups in total. The first-order valence-electron chi connectivity index (χ1n) is 7.27. The van der Waals surface area contributed by atoms with E-state index in [1.165, 1.54) is 17.7 Å². The Bertz CT molecular complexity index is 398. The fourth-order valence-corrected chi connectivity index (χ4v) is 4.21. The Morgan fingerprint density at radius 3 is 2.75 bits per heavy atom. The first-order chi connectivity index (χ1) is 9.68. The standard InChI is InChI=1S/C15H23NO2S2/c17-14(11-19-10-13-6-5-9-20-13)16-12-15(18)7-3-1-2-4-8-15/h5-6,9,18H,1-4,7-8,10-12H2,(H,16,17). The molecule has 0 atom stereocenters. The van der Waals surface area contributed by atoms with Crippen LogP contribution in [0.5, 0.6) is 0 Å². The topological polar surface area (TPSA) is 49.3 Å². The minimum atomic E-state index is -0.676. The van der Waals surface area contributed by atoms with Crippen LogP contribution in [0.25, 0.3) is 0 Å². The highest BCUT2D eigenvalue weighted by molar-refractivity contribution is 7.99. The Balaban J connectivity index is 1.63. The van der Waals surface area contributed by atoms with Gasteiger partial charge in [-0.05, 0) is 24.3 Å². The molecule has 1 aromatic heterocycles. The number of nitrogens with one attached hydrogen (secondary N) is 1. The van der Waals surface area contributed by atoms with Crippen LogP contribution < -0.4 is 5.32 Å². The highest BCUT2D eigenvalue weighted by atomic mass is 32.2. The average Bonchev–Trinajstić information content (AvgIpc) is 2.85. The normalized spacial score (nSPS) is 18.4. The van der Waals surface area contributed by atoms with Crippen molar-refractivity contribution in [2.24, 2.45) is 0 Å². The Kier molecular flexibility index (Phi) is 6.39. The van der Waals surface area contributed by atoms with Crippen molar-refractivity contribution in [3.8, 4) is 0 Å². The molecule has 0 unspecified atom stereocenters. The highest BCUT2D eigenvalue weighted by Crippen LogP contribution is 2.26. The van der Waals surface area contributed by atoms with E-state index in [-0.39, 0.29) is 5.91 Å².